The molecule has 0 fully saturated rings. The minimum Gasteiger partial charge on any atom is -0.307 e. The quantitative estimate of drug-likeness (QED) is 0.108. The molecule has 13 aromatic rings. The van der Waals surface area contributed by atoms with Crippen molar-refractivity contribution in [2.75, 3.05) is 0 Å². The number of benzene rings is 10. The summed E-state index contributed by atoms with van der Waals surface area (Å²) in [4.78, 5) is 16.0. The summed E-state index contributed by atoms with van der Waals surface area (Å²) >= 11 is 0. The van der Waals surface area contributed by atoms with E-state index in [4.69, 9.17) is 15.0 Å². The normalized spacial score (nSPS) is 11.6. The predicted molar refractivity (Wildman–Crippen MR) is 309 cm³/mol. The van der Waals surface area contributed by atoms with Gasteiger partial charge in [-0.05, 0) is 81.6 Å². The van der Waals surface area contributed by atoms with Crippen molar-refractivity contribution < 1.29 is 0 Å². The van der Waals surface area contributed by atoms with Crippen molar-refractivity contribution in [1.29, 1.82) is 0 Å². The van der Waals surface area contributed by atoms with Crippen LogP contribution in [0.15, 0.2) is 243 Å². The molecular formula is C69H53N5. The Labute approximate surface area is 431 Å². The van der Waals surface area contributed by atoms with E-state index in [1.807, 2.05) is 24.3 Å². The smallest absolute Gasteiger partial charge is 0.238 e. The Morgan fingerprint density at radius 1 is 0.324 bits per heavy atom. The summed E-state index contributed by atoms with van der Waals surface area (Å²) in [5.74, 6) is 1.76. The summed E-state index contributed by atoms with van der Waals surface area (Å²) in [6.45, 7) is 2.27. The molecule has 0 bridgehead atoms. The lowest BCUT2D eigenvalue weighted by molar-refractivity contribution is 0.667. The van der Waals surface area contributed by atoms with Crippen LogP contribution in [0.25, 0.3) is 123 Å². The zero-order valence-corrected chi connectivity index (χ0v) is 41.4. The molecule has 0 saturated heterocycles. The summed E-state index contributed by atoms with van der Waals surface area (Å²) in [5, 5.41) is 4.56. The number of hydrogen-bond donors (Lipinski definition) is 0. The van der Waals surface area contributed by atoms with E-state index < -0.39 is 0 Å². The second kappa shape index (κ2) is 19.4. The van der Waals surface area contributed by atoms with Crippen LogP contribution in [0.5, 0.6) is 0 Å². The molecule has 10 aromatic carbocycles. The van der Waals surface area contributed by atoms with Crippen molar-refractivity contribution in [3.8, 4) is 78.9 Å². The van der Waals surface area contributed by atoms with Crippen LogP contribution in [0.4, 0.5) is 0 Å². The Hall–Kier alpha value is -9.19. The molecule has 0 aliphatic carbocycles. The predicted octanol–water partition coefficient (Wildman–Crippen LogP) is 18.2. The van der Waals surface area contributed by atoms with Gasteiger partial charge in [0.25, 0.3) is 0 Å². The van der Waals surface area contributed by atoms with Gasteiger partial charge in [-0.3, -0.25) is 4.57 Å². The van der Waals surface area contributed by atoms with Crippen LogP contribution < -0.4 is 0 Å². The maximum absolute atomic E-state index is 5.44. The van der Waals surface area contributed by atoms with Gasteiger partial charge in [-0.25, -0.2) is 4.98 Å². The van der Waals surface area contributed by atoms with Gasteiger partial charge in [-0.1, -0.05) is 245 Å². The SMILES string of the molecule is CCCCCCc1ccc(-c2ccc(-c3ccccc3-n3c4ccccc4c4ccc5c6ccccc6n(-c6nc(-c7ccccc7)nc(-c7ccc(-c8ccccc8)cc7)n6)c5c43)c(-c3ccccc3)c2)cc1. The van der Waals surface area contributed by atoms with Crippen LogP contribution >= 0.6 is 0 Å². The third kappa shape index (κ3) is 8.13. The van der Waals surface area contributed by atoms with Gasteiger partial charge in [0.15, 0.2) is 11.6 Å². The highest BCUT2D eigenvalue weighted by molar-refractivity contribution is 6.24. The fourth-order valence-electron chi connectivity index (χ4n) is 11.0. The average Bonchev–Trinajstić information content (AvgIpc) is 4.00. The lowest BCUT2D eigenvalue weighted by Gasteiger charge is -2.19. The molecule has 5 heteroatoms. The molecule has 0 radical (unpaired) electrons. The minimum absolute atomic E-state index is 0.552. The van der Waals surface area contributed by atoms with Crippen LogP contribution in [0.3, 0.4) is 0 Å². The van der Waals surface area contributed by atoms with E-state index in [0.717, 1.165) is 83.7 Å². The largest absolute Gasteiger partial charge is 0.307 e. The molecule has 5 nitrogen and oxygen atoms in total. The third-order valence-corrected chi connectivity index (χ3v) is 14.7. The Balaban J connectivity index is 1.04. The highest BCUT2D eigenvalue weighted by atomic mass is 15.2. The van der Waals surface area contributed by atoms with Crippen LogP contribution in [0.1, 0.15) is 38.2 Å². The van der Waals surface area contributed by atoms with Gasteiger partial charge in [0, 0.05) is 38.2 Å². The summed E-state index contributed by atoms with van der Waals surface area (Å²) in [7, 11) is 0. The molecule has 3 aromatic heterocycles. The molecule has 0 atom stereocenters. The number of hydrogen-bond acceptors (Lipinski definition) is 3. The standard InChI is InChI=1S/C69H53N5/c1-2-3-4-8-21-47-34-36-50(37-35-47)54-42-43-55(61(46-54)51-24-11-6-12-25-51)56-28-15-18-31-62(56)73-63-32-19-16-29-57(63)59-44-45-60-58-30-17-20-33-64(58)74(66(60)65(59)73)69-71-67(52-26-13-7-14-27-52)70-68(72-69)53-40-38-49(39-41-53)48-22-9-5-10-23-48/h5-7,9-20,22-46H,2-4,8,21H2,1H3. The molecule has 0 N–H and O–H groups in total. The summed E-state index contributed by atoms with van der Waals surface area (Å²) < 4.78 is 4.77. The lowest BCUT2D eigenvalue weighted by atomic mass is 9.90. The van der Waals surface area contributed by atoms with Crippen LogP contribution in [-0.4, -0.2) is 24.1 Å². The molecule has 0 aliphatic heterocycles. The third-order valence-electron chi connectivity index (χ3n) is 14.7. The number of para-hydroxylation sites is 3. The Bertz CT molecular complexity index is 4140. The molecule has 0 saturated carbocycles. The molecule has 3 heterocycles. The van der Waals surface area contributed by atoms with Gasteiger partial charge in [-0.2, -0.15) is 9.97 Å². The topological polar surface area (TPSA) is 48.5 Å². The van der Waals surface area contributed by atoms with E-state index >= 15 is 0 Å². The molecule has 74 heavy (non-hydrogen) atoms. The molecular weight excluding hydrogens is 899 g/mol. The first kappa shape index (κ1) is 44.7. The van der Waals surface area contributed by atoms with Gasteiger partial charge < -0.3 is 4.57 Å². The van der Waals surface area contributed by atoms with Crippen molar-refractivity contribution in [3.05, 3.63) is 248 Å². The summed E-state index contributed by atoms with van der Waals surface area (Å²) in [6, 6.07) is 87.3. The van der Waals surface area contributed by atoms with E-state index in [1.54, 1.807) is 0 Å². The van der Waals surface area contributed by atoms with Gasteiger partial charge in [-0.15, -0.1) is 0 Å². The molecule has 354 valence electrons. The molecule has 0 spiro atoms. The van der Waals surface area contributed by atoms with E-state index in [0.29, 0.717) is 17.6 Å². The zero-order chi connectivity index (χ0) is 49.4. The van der Waals surface area contributed by atoms with Crippen LogP contribution in [0, 0.1) is 0 Å². The van der Waals surface area contributed by atoms with E-state index in [-0.39, 0.29) is 0 Å². The Morgan fingerprint density at radius 3 is 1.47 bits per heavy atom. The maximum Gasteiger partial charge on any atom is 0.238 e. The highest BCUT2D eigenvalue weighted by Crippen LogP contribution is 2.45. The van der Waals surface area contributed by atoms with Gasteiger partial charge in [0.05, 0.1) is 27.8 Å². The monoisotopic (exact) mass is 951 g/mol. The second-order valence-corrected chi connectivity index (χ2v) is 19.3. The van der Waals surface area contributed by atoms with Crippen LogP contribution in [-0.2, 0) is 6.42 Å². The maximum atomic E-state index is 5.44. The van der Waals surface area contributed by atoms with Crippen molar-refractivity contribution in [1.82, 2.24) is 24.1 Å². The zero-order valence-electron chi connectivity index (χ0n) is 41.4. The summed E-state index contributed by atoms with van der Waals surface area (Å²) in [5.41, 5.74) is 17.9. The van der Waals surface area contributed by atoms with Crippen molar-refractivity contribution in [3.63, 3.8) is 0 Å². The Morgan fingerprint density at radius 2 is 0.811 bits per heavy atom. The highest BCUT2D eigenvalue weighted by Gasteiger charge is 2.25. The summed E-state index contributed by atoms with van der Waals surface area (Å²) in [6.07, 6.45) is 6.19. The first-order valence-electron chi connectivity index (χ1n) is 26.0. The first-order valence-corrected chi connectivity index (χ1v) is 26.0. The minimum atomic E-state index is 0.552. The number of nitrogens with zero attached hydrogens (tertiary/aromatic N) is 5. The number of unbranched alkanes of at least 4 members (excludes halogenated alkanes) is 3. The number of rotatable bonds is 13. The number of aromatic nitrogens is 5. The van der Waals surface area contributed by atoms with Crippen molar-refractivity contribution in [2.24, 2.45) is 0 Å². The van der Waals surface area contributed by atoms with E-state index in [1.165, 1.54) is 58.9 Å². The lowest BCUT2D eigenvalue weighted by Crippen LogP contribution is -2.07. The first-order chi connectivity index (χ1) is 36.7. The molecule has 0 aliphatic rings. The van der Waals surface area contributed by atoms with Gasteiger partial charge >= 0.3 is 0 Å². The fourth-order valence-corrected chi connectivity index (χ4v) is 11.0. The van der Waals surface area contributed by atoms with Crippen molar-refractivity contribution >= 4 is 43.6 Å². The van der Waals surface area contributed by atoms with Gasteiger partial charge in [0.2, 0.25) is 5.95 Å². The number of aryl methyl sites for hydroxylation is 1. The van der Waals surface area contributed by atoms with Crippen molar-refractivity contribution in [2.45, 2.75) is 39.0 Å². The second-order valence-electron chi connectivity index (χ2n) is 19.3. The van der Waals surface area contributed by atoms with E-state index in [9.17, 15) is 0 Å². The average molecular weight is 952 g/mol. The number of fused-ring (bicyclic) bond motifs is 7. The van der Waals surface area contributed by atoms with Gasteiger partial charge in [0.1, 0.15) is 0 Å². The van der Waals surface area contributed by atoms with E-state index in [2.05, 4.69) is 234 Å². The molecule has 13 rings (SSSR count). The molecule has 0 amide bonds. The molecule has 0 unspecified atom stereocenters. The fraction of sp³-hybridized carbons (Fsp3) is 0.0870. The Kier molecular flexibility index (Phi) is 11.7. The van der Waals surface area contributed by atoms with Crippen LogP contribution in [0.2, 0.25) is 0 Å².